The first-order valence-corrected chi connectivity index (χ1v) is 7.78. The molecule has 0 aliphatic rings. The van der Waals surface area contributed by atoms with Gasteiger partial charge in [-0.05, 0) is 30.3 Å². The summed E-state index contributed by atoms with van der Waals surface area (Å²) in [6, 6.07) is 10.7. The van der Waals surface area contributed by atoms with Crippen LogP contribution in [0.5, 0.6) is 17.2 Å². The Kier molecular flexibility index (Phi) is 4.77. The van der Waals surface area contributed by atoms with E-state index in [0.29, 0.717) is 17.2 Å². The SMILES string of the molecule is COc1ccc(S(=O)(=O)[N-]c2ccc(OC)cc2OC)cc1. The van der Waals surface area contributed by atoms with Crippen molar-refractivity contribution in [1.82, 2.24) is 0 Å². The monoisotopic (exact) mass is 322 g/mol. The molecule has 0 aliphatic heterocycles. The van der Waals surface area contributed by atoms with E-state index in [-0.39, 0.29) is 10.6 Å². The second-order valence-electron chi connectivity index (χ2n) is 4.28. The molecule has 0 spiro atoms. The normalized spacial score (nSPS) is 10.9. The van der Waals surface area contributed by atoms with Gasteiger partial charge in [0.1, 0.15) is 27.3 Å². The van der Waals surface area contributed by atoms with Gasteiger partial charge in [-0.2, -0.15) is 0 Å². The number of methoxy groups -OCH3 is 3. The molecule has 22 heavy (non-hydrogen) atoms. The van der Waals surface area contributed by atoms with Crippen molar-refractivity contribution in [1.29, 1.82) is 0 Å². The summed E-state index contributed by atoms with van der Waals surface area (Å²) in [5.74, 6) is 1.44. The molecule has 0 amide bonds. The Morgan fingerprint density at radius 1 is 0.818 bits per heavy atom. The molecule has 0 heterocycles. The molecule has 2 rings (SSSR count). The summed E-state index contributed by atoms with van der Waals surface area (Å²) in [7, 11) is 0.620. The van der Waals surface area contributed by atoms with Gasteiger partial charge in [-0.25, -0.2) is 8.42 Å². The molecule has 0 aliphatic carbocycles. The summed E-state index contributed by atoms with van der Waals surface area (Å²) >= 11 is 0. The van der Waals surface area contributed by atoms with Crippen molar-refractivity contribution in [3.63, 3.8) is 0 Å². The van der Waals surface area contributed by atoms with Gasteiger partial charge in [0.25, 0.3) is 0 Å². The summed E-state index contributed by atoms with van der Waals surface area (Å²) in [6.07, 6.45) is 0. The predicted octanol–water partition coefficient (Wildman–Crippen LogP) is 3.11. The second-order valence-corrected chi connectivity index (χ2v) is 5.88. The van der Waals surface area contributed by atoms with Crippen molar-refractivity contribution < 1.29 is 22.6 Å². The number of hydrogen-bond donors (Lipinski definition) is 0. The molecule has 118 valence electrons. The van der Waals surface area contributed by atoms with Crippen LogP contribution >= 0.6 is 0 Å². The maximum Gasteiger partial charge on any atom is 0.123 e. The maximum atomic E-state index is 12.3. The van der Waals surface area contributed by atoms with Gasteiger partial charge in [0.05, 0.1) is 26.2 Å². The van der Waals surface area contributed by atoms with E-state index in [1.54, 1.807) is 24.3 Å². The van der Waals surface area contributed by atoms with Gasteiger partial charge in [-0.15, -0.1) is 0 Å². The molecule has 0 atom stereocenters. The lowest BCUT2D eigenvalue weighted by molar-refractivity contribution is 0.396. The number of ether oxygens (including phenoxy) is 3. The van der Waals surface area contributed by atoms with E-state index in [1.807, 2.05) is 0 Å². The minimum absolute atomic E-state index is 0.0752. The minimum Gasteiger partial charge on any atom is -0.570 e. The van der Waals surface area contributed by atoms with Crippen molar-refractivity contribution in [2.45, 2.75) is 4.90 Å². The molecule has 0 radical (unpaired) electrons. The Labute approximate surface area is 129 Å². The third kappa shape index (κ3) is 3.43. The number of rotatable bonds is 6. The quantitative estimate of drug-likeness (QED) is 0.817. The van der Waals surface area contributed by atoms with E-state index in [2.05, 4.69) is 4.72 Å². The minimum atomic E-state index is -3.84. The zero-order valence-electron chi connectivity index (χ0n) is 12.4. The van der Waals surface area contributed by atoms with Gasteiger partial charge in [0.2, 0.25) is 0 Å². The van der Waals surface area contributed by atoms with Crippen LogP contribution in [0.15, 0.2) is 47.4 Å². The average Bonchev–Trinajstić information content (AvgIpc) is 2.55. The fraction of sp³-hybridized carbons (Fsp3) is 0.200. The van der Waals surface area contributed by atoms with Crippen LogP contribution in [0, 0.1) is 0 Å². The highest BCUT2D eigenvalue weighted by Crippen LogP contribution is 2.38. The Morgan fingerprint density at radius 3 is 1.95 bits per heavy atom. The molecule has 0 N–H and O–H groups in total. The van der Waals surface area contributed by atoms with Gasteiger partial charge < -0.3 is 18.9 Å². The Balaban J connectivity index is 2.31. The van der Waals surface area contributed by atoms with Gasteiger partial charge in [0, 0.05) is 6.07 Å². The Morgan fingerprint density at radius 2 is 1.41 bits per heavy atom. The molecule has 0 saturated carbocycles. The molecule has 0 bridgehead atoms. The lowest BCUT2D eigenvalue weighted by Gasteiger charge is -2.24. The van der Waals surface area contributed by atoms with Crippen LogP contribution in [0.1, 0.15) is 0 Å². The van der Waals surface area contributed by atoms with Crippen LogP contribution in [0.25, 0.3) is 4.72 Å². The molecule has 0 fully saturated rings. The standard InChI is InChI=1S/C15H16NO5S/c1-19-11-4-7-13(8-5-11)22(17,18)16-14-9-6-12(20-2)10-15(14)21-3/h4-10H,1-3H3/q-1. The van der Waals surface area contributed by atoms with Gasteiger partial charge in [-0.3, -0.25) is 0 Å². The number of nitrogens with zero attached hydrogens (tertiary/aromatic N) is 1. The first-order valence-electron chi connectivity index (χ1n) is 6.34. The van der Waals surface area contributed by atoms with Crippen molar-refractivity contribution in [2.75, 3.05) is 21.3 Å². The molecule has 7 heteroatoms. The van der Waals surface area contributed by atoms with E-state index in [9.17, 15) is 8.42 Å². The lowest BCUT2D eigenvalue weighted by Crippen LogP contribution is -1.99. The van der Waals surface area contributed by atoms with Crippen molar-refractivity contribution in [3.8, 4) is 17.2 Å². The van der Waals surface area contributed by atoms with E-state index in [0.717, 1.165) is 0 Å². The molecule has 2 aromatic carbocycles. The summed E-state index contributed by atoms with van der Waals surface area (Å²) in [6.45, 7) is 0. The number of hydrogen-bond acceptors (Lipinski definition) is 5. The predicted molar refractivity (Wildman–Crippen MR) is 82.7 cm³/mol. The van der Waals surface area contributed by atoms with Crippen molar-refractivity contribution in [3.05, 3.63) is 47.2 Å². The number of benzene rings is 2. The van der Waals surface area contributed by atoms with Gasteiger partial charge in [-0.1, -0.05) is 11.8 Å². The van der Waals surface area contributed by atoms with Crippen molar-refractivity contribution in [2.24, 2.45) is 0 Å². The number of sulfonamides is 1. The molecular weight excluding hydrogens is 306 g/mol. The fourth-order valence-electron chi connectivity index (χ4n) is 1.79. The maximum absolute atomic E-state index is 12.3. The van der Waals surface area contributed by atoms with Gasteiger partial charge >= 0.3 is 0 Å². The van der Waals surface area contributed by atoms with E-state index < -0.39 is 10.0 Å². The Hall–Kier alpha value is -2.41. The van der Waals surface area contributed by atoms with Crippen LogP contribution in [-0.4, -0.2) is 29.7 Å². The van der Waals surface area contributed by atoms with Crippen molar-refractivity contribution >= 4 is 15.7 Å². The molecular formula is C15H16NO5S-. The third-order valence-electron chi connectivity index (χ3n) is 2.96. The van der Waals surface area contributed by atoms with E-state index in [4.69, 9.17) is 14.2 Å². The van der Waals surface area contributed by atoms with E-state index >= 15 is 0 Å². The zero-order chi connectivity index (χ0) is 16.2. The highest BCUT2D eigenvalue weighted by molar-refractivity contribution is 7.94. The van der Waals surface area contributed by atoms with Gasteiger partial charge in [0.15, 0.2) is 0 Å². The molecule has 0 unspecified atom stereocenters. The highest BCUT2D eigenvalue weighted by Gasteiger charge is 2.07. The molecule has 0 aromatic heterocycles. The highest BCUT2D eigenvalue weighted by atomic mass is 32.2. The zero-order valence-corrected chi connectivity index (χ0v) is 13.3. The largest absolute Gasteiger partial charge is 0.570 e. The summed E-state index contributed by atoms with van der Waals surface area (Å²) in [5.41, 5.74) is 0.208. The Bertz CT molecular complexity index is 741. The first-order chi connectivity index (χ1) is 10.5. The summed E-state index contributed by atoms with van der Waals surface area (Å²) in [5, 5.41) is 0. The molecule has 2 aromatic rings. The van der Waals surface area contributed by atoms with Crippen LogP contribution in [0.2, 0.25) is 0 Å². The molecule has 6 nitrogen and oxygen atoms in total. The topological polar surface area (TPSA) is 75.9 Å². The van der Waals surface area contributed by atoms with E-state index in [1.165, 1.54) is 39.5 Å². The van der Waals surface area contributed by atoms with Crippen LogP contribution in [0.4, 0.5) is 5.69 Å². The fourth-order valence-corrected chi connectivity index (χ4v) is 2.79. The smallest absolute Gasteiger partial charge is 0.123 e. The van der Waals surface area contributed by atoms with Crippen LogP contribution in [-0.2, 0) is 10.0 Å². The second kappa shape index (κ2) is 6.57. The van der Waals surface area contributed by atoms with Crippen LogP contribution in [0.3, 0.4) is 0 Å². The lowest BCUT2D eigenvalue weighted by atomic mass is 10.3. The average molecular weight is 322 g/mol. The van der Waals surface area contributed by atoms with Crippen LogP contribution < -0.4 is 14.2 Å². The molecule has 0 saturated heterocycles. The third-order valence-corrected chi connectivity index (χ3v) is 4.27. The summed E-state index contributed by atoms with van der Waals surface area (Å²) in [4.78, 5) is 0.0752. The first kappa shape index (κ1) is 16.0. The summed E-state index contributed by atoms with van der Waals surface area (Å²) < 4.78 is 43.7.